The van der Waals surface area contributed by atoms with Crippen molar-refractivity contribution in [2.75, 3.05) is 11.5 Å². The Morgan fingerprint density at radius 1 is 1.45 bits per heavy atom. The molecule has 60 valence electrons. The molecule has 1 heterocycles. The maximum absolute atomic E-state index is 11.5. The van der Waals surface area contributed by atoms with Crippen LogP contribution in [-0.4, -0.2) is 22.1 Å². The lowest BCUT2D eigenvalue weighted by Crippen LogP contribution is -2.00. The van der Waals surface area contributed by atoms with Gasteiger partial charge < -0.3 is 0 Å². The third-order valence-corrected chi connectivity index (χ3v) is 3.86. The second-order valence-electron chi connectivity index (χ2n) is 2.34. The fraction of sp³-hybridized carbons (Fsp3) is 0.667. The van der Waals surface area contributed by atoms with Gasteiger partial charge in [0.25, 0.3) is 0 Å². The fourth-order valence-corrected chi connectivity index (χ4v) is 2.94. The summed E-state index contributed by atoms with van der Waals surface area (Å²) in [5.41, 5.74) is 0. The summed E-state index contributed by atoms with van der Waals surface area (Å²) in [6.07, 6.45) is 4.61. The first kappa shape index (κ1) is 8.21. The van der Waals surface area contributed by atoms with Crippen LogP contribution in [0, 0.1) is 11.5 Å². The van der Waals surface area contributed by atoms with Gasteiger partial charge in [0.2, 0.25) is 6.19 Å². The standard InChI is InChI=1S/C6H9N3OS/c7-5-8-6-9-11(10)3-1-2-4-11/h6H,1-4H2. The van der Waals surface area contributed by atoms with Gasteiger partial charge in [-0.2, -0.15) is 14.6 Å². The Morgan fingerprint density at radius 3 is 2.64 bits per heavy atom. The van der Waals surface area contributed by atoms with Crippen LogP contribution in [0.15, 0.2) is 9.36 Å². The van der Waals surface area contributed by atoms with Crippen molar-refractivity contribution in [3.8, 4) is 6.19 Å². The molecule has 0 atom stereocenters. The average molecular weight is 171 g/mol. The van der Waals surface area contributed by atoms with Crippen LogP contribution in [0.1, 0.15) is 12.8 Å². The zero-order valence-corrected chi connectivity index (χ0v) is 6.88. The maximum Gasteiger partial charge on any atom is 0.207 e. The second kappa shape index (κ2) is 3.49. The van der Waals surface area contributed by atoms with Crippen molar-refractivity contribution in [2.45, 2.75) is 12.8 Å². The molecule has 1 fully saturated rings. The molecule has 11 heavy (non-hydrogen) atoms. The predicted octanol–water partition coefficient (Wildman–Crippen LogP) is 0.758. The molecule has 1 aliphatic heterocycles. The molecule has 0 aromatic rings. The van der Waals surface area contributed by atoms with Crippen LogP contribution in [0.4, 0.5) is 0 Å². The van der Waals surface area contributed by atoms with Crippen molar-refractivity contribution in [1.82, 2.24) is 0 Å². The summed E-state index contributed by atoms with van der Waals surface area (Å²) in [5.74, 6) is 1.31. The number of nitriles is 1. The molecule has 0 unspecified atom stereocenters. The van der Waals surface area contributed by atoms with Gasteiger partial charge in [-0.15, -0.1) is 0 Å². The molecule has 1 aliphatic rings. The maximum atomic E-state index is 11.5. The van der Waals surface area contributed by atoms with E-state index in [4.69, 9.17) is 5.26 Å². The van der Waals surface area contributed by atoms with Crippen molar-refractivity contribution in [3.63, 3.8) is 0 Å². The highest BCUT2D eigenvalue weighted by Crippen LogP contribution is 2.12. The number of nitrogens with zero attached hydrogens (tertiary/aromatic N) is 3. The first-order chi connectivity index (χ1) is 5.27. The van der Waals surface area contributed by atoms with E-state index in [1.54, 1.807) is 6.19 Å². The third kappa shape index (κ3) is 2.31. The van der Waals surface area contributed by atoms with Crippen LogP contribution < -0.4 is 0 Å². The molecule has 0 N–H and O–H groups in total. The topological polar surface area (TPSA) is 65.6 Å². The van der Waals surface area contributed by atoms with E-state index in [0.717, 1.165) is 19.2 Å². The number of rotatable bonds is 1. The van der Waals surface area contributed by atoms with Gasteiger partial charge in [-0.1, -0.05) is 0 Å². The highest BCUT2D eigenvalue weighted by Gasteiger charge is 2.14. The van der Waals surface area contributed by atoms with Crippen LogP contribution in [0.25, 0.3) is 0 Å². The van der Waals surface area contributed by atoms with Crippen molar-refractivity contribution >= 4 is 16.1 Å². The molecular weight excluding hydrogens is 162 g/mol. The SMILES string of the molecule is N#CN=CN=S1(=O)CCCC1. The van der Waals surface area contributed by atoms with E-state index in [-0.39, 0.29) is 0 Å². The molecule has 0 aromatic heterocycles. The Hall–Kier alpha value is -0.890. The zero-order chi connectivity index (χ0) is 8.16. The lowest BCUT2D eigenvalue weighted by molar-refractivity contribution is 0.681. The van der Waals surface area contributed by atoms with E-state index in [9.17, 15) is 4.21 Å². The minimum Gasteiger partial charge on any atom is -0.249 e. The van der Waals surface area contributed by atoms with Crippen molar-refractivity contribution in [2.24, 2.45) is 9.36 Å². The minimum absolute atomic E-state index is 0.657. The quantitative estimate of drug-likeness (QED) is 0.332. The van der Waals surface area contributed by atoms with Crippen molar-refractivity contribution in [1.29, 1.82) is 5.26 Å². The van der Waals surface area contributed by atoms with Crippen molar-refractivity contribution < 1.29 is 4.21 Å². The highest BCUT2D eigenvalue weighted by atomic mass is 32.2. The van der Waals surface area contributed by atoms with Crippen LogP contribution in [0.2, 0.25) is 0 Å². The Labute approximate surface area is 66.1 Å². The summed E-state index contributed by atoms with van der Waals surface area (Å²) < 4.78 is 15.3. The molecule has 0 amide bonds. The van der Waals surface area contributed by atoms with E-state index in [2.05, 4.69) is 9.36 Å². The van der Waals surface area contributed by atoms with E-state index in [1.807, 2.05) is 0 Å². The predicted molar refractivity (Wildman–Crippen MR) is 43.6 cm³/mol. The fourth-order valence-electron chi connectivity index (χ4n) is 0.998. The Morgan fingerprint density at radius 2 is 2.09 bits per heavy atom. The monoisotopic (exact) mass is 171 g/mol. The van der Waals surface area contributed by atoms with Gasteiger partial charge in [0.1, 0.15) is 6.34 Å². The Kier molecular flexibility index (Phi) is 2.60. The van der Waals surface area contributed by atoms with Gasteiger partial charge in [0.05, 0.1) is 9.73 Å². The number of hydrogen-bond acceptors (Lipinski definition) is 3. The van der Waals surface area contributed by atoms with Crippen LogP contribution in [0.5, 0.6) is 0 Å². The van der Waals surface area contributed by atoms with Crippen LogP contribution in [0.3, 0.4) is 0 Å². The molecular formula is C6H9N3OS. The molecule has 0 saturated carbocycles. The van der Waals surface area contributed by atoms with Gasteiger partial charge in [-0.3, -0.25) is 0 Å². The molecule has 0 spiro atoms. The van der Waals surface area contributed by atoms with E-state index in [0.29, 0.717) is 11.5 Å². The summed E-state index contributed by atoms with van der Waals surface area (Å²) in [5, 5.41) is 8.02. The van der Waals surface area contributed by atoms with Gasteiger partial charge >= 0.3 is 0 Å². The molecule has 4 nitrogen and oxygen atoms in total. The largest absolute Gasteiger partial charge is 0.249 e. The molecule has 0 radical (unpaired) electrons. The van der Waals surface area contributed by atoms with Crippen LogP contribution >= 0.6 is 0 Å². The number of hydrogen-bond donors (Lipinski definition) is 0. The molecule has 0 aliphatic carbocycles. The lowest BCUT2D eigenvalue weighted by Gasteiger charge is -1.92. The summed E-state index contributed by atoms with van der Waals surface area (Å²) in [4.78, 5) is 3.22. The van der Waals surface area contributed by atoms with Gasteiger partial charge in [-0.25, -0.2) is 4.21 Å². The summed E-state index contributed by atoms with van der Waals surface area (Å²) in [7, 11) is -2.00. The molecule has 5 heteroatoms. The molecule has 0 aromatic carbocycles. The van der Waals surface area contributed by atoms with E-state index in [1.165, 1.54) is 0 Å². The summed E-state index contributed by atoms with van der Waals surface area (Å²) in [6.45, 7) is 0. The zero-order valence-electron chi connectivity index (χ0n) is 6.06. The normalized spacial score (nSPS) is 21.7. The third-order valence-electron chi connectivity index (χ3n) is 1.53. The first-order valence-electron chi connectivity index (χ1n) is 3.39. The summed E-state index contributed by atoms with van der Waals surface area (Å²) >= 11 is 0. The second-order valence-corrected chi connectivity index (χ2v) is 4.91. The number of aliphatic imine (C=N–C) groups is 1. The van der Waals surface area contributed by atoms with E-state index >= 15 is 0 Å². The van der Waals surface area contributed by atoms with Gasteiger partial charge in [-0.05, 0) is 12.8 Å². The lowest BCUT2D eigenvalue weighted by atomic mass is 10.4. The van der Waals surface area contributed by atoms with Gasteiger partial charge in [0, 0.05) is 11.5 Å². The highest BCUT2D eigenvalue weighted by molar-refractivity contribution is 7.94. The Bertz CT molecular complexity index is 294. The van der Waals surface area contributed by atoms with Crippen LogP contribution in [-0.2, 0) is 9.73 Å². The first-order valence-corrected chi connectivity index (χ1v) is 5.24. The van der Waals surface area contributed by atoms with E-state index < -0.39 is 9.73 Å². The van der Waals surface area contributed by atoms with Crippen molar-refractivity contribution in [3.05, 3.63) is 0 Å². The smallest absolute Gasteiger partial charge is 0.207 e. The van der Waals surface area contributed by atoms with Gasteiger partial charge in [0.15, 0.2) is 0 Å². The molecule has 0 bridgehead atoms. The summed E-state index contributed by atoms with van der Waals surface area (Å²) in [6, 6.07) is 0. The Balaban J connectivity index is 2.73. The molecule has 1 saturated heterocycles. The molecule has 1 rings (SSSR count). The average Bonchev–Trinajstić information content (AvgIpc) is 2.38. The minimum atomic E-state index is -2.00.